The van der Waals surface area contributed by atoms with Crippen molar-refractivity contribution in [2.45, 2.75) is 27.4 Å². The van der Waals surface area contributed by atoms with Gasteiger partial charge in [-0.3, -0.25) is 4.79 Å². The number of nitrogens with zero attached hydrogens (tertiary/aromatic N) is 1. The molecule has 1 amide bonds. The van der Waals surface area contributed by atoms with Gasteiger partial charge < -0.3 is 10.4 Å². The number of pyridine rings is 1. The Hall–Kier alpha value is -1.42. The van der Waals surface area contributed by atoms with Gasteiger partial charge in [0.15, 0.2) is 0 Å². The maximum atomic E-state index is 11.5. The lowest BCUT2D eigenvalue weighted by molar-refractivity contribution is -0.118. The van der Waals surface area contributed by atoms with Crippen LogP contribution in [0.3, 0.4) is 0 Å². The largest absolute Gasteiger partial charge is 0.392 e. The Labute approximate surface area is 89.3 Å². The molecule has 0 spiro atoms. The molecule has 1 aromatic heterocycles. The Morgan fingerprint density at radius 1 is 1.60 bits per heavy atom. The Morgan fingerprint density at radius 3 is 2.80 bits per heavy atom. The van der Waals surface area contributed by atoms with Crippen molar-refractivity contribution in [3.05, 3.63) is 23.4 Å². The SMILES string of the molecule is Cc1ccnc(NC(=O)C(C)C)c1CO. The van der Waals surface area contributed by atoms with Crippen LogP contribution in [0.4, 0.5) is 5.82 Å². The summed E-state index contributed by atoms with van der Waals surface area (Å²) >= 11 is 0. The van der Waals surface area contributed by atoms with E-state index in [2.05, 4.69) is 10.3 Å². The molecule has 0 fully saturated rings. The van der Waals surface area contributed by atoms with Crippen molar-refractivity contribution in [2.75, 3.05) is 5.32 Å². The van der Waals surface area contributed by atoms with Crippen molar-refractivity contribution in [3.8, 4) is 0 Å². The minimum absolute atomic E-state index is 0.0946. The average Bonchev–Trinajstić information content (AvgIpc) is 2.18. The van der Waals surface area contributed by atoms with Crippen LogP contribution in [0.15, 0.2) is 12.3 Å². The van der Waals surface area contributed by atoms with Crippen molar-refractivity contribution >= 4 is 11.7 Å². The van der Waals surface area contributed by atoms with Gasteiger partial charge >= 0.3 is 0 Å². The van der Waals surface area contributed by atoms with Gasteiger partial charge in [-0.15, -0.1) is 0 Å². The normalized spacial score (nSPS) is 10.5. The summed E-state index contributed by atoms with van der Waals surface area (Å²) in [5.41, 5.74) is 1.60. The summed E-state index contributed by atoms with van der Waals surface area (Å²) in [7, 11) is 0. The smallest absolute Gasteiger partial charge is 0.228 e. The van der Waals surface area contributed by atoms with Crippen LogP contribution in [0.5, 0.6) is 0 Å². The number of hydrogen-bond donors (Lipinski definition) is 2. The van der Waals surface area contributed by atoms with Crippen molar-refractivity contribution in [3.63, 3.8) is 0 Å². The van der Waals surface area contributed by atoms with Gasteiger partial charge in [0.2, 0.25) is 5.91 Å². The number of anilines is 1. The number of aromatic nitrogens is 1. The van der Waals surface area contributed by atoms with Gasteiger partial charge in [0.25, 0.3) is 0 Å². The van der Waals surface area contributed by atoms with E-state index in [1.807, 2.05) is 20.8 Å². The number of aliphatic hydroxyl groups excluding tert-OH is 1. The fraction of sp³-hybridized carbons (Fsp3) is 0.455. The molecule has 82 valence electrons. The predicted molar refractivity (Wildman–Crippen MR) is 58.4 cm³/mol. The molecule has 0 radical (unpaired) electrons. The molecule has 1 rings (SSSR count). The van der Waals surface area contributed by atoms with Crippen LogP contribution in [-0.4, -0.2) is 16.0 Å². The third kappa shape index (κ3) is 2.76. The van der Waals surface area contributed by atoms with E-state index in [1.54, 1.807) is 12.3 Å². The number of nitrogens with one attached hydrogen (secondary N) is 1. The number of rotatable bonds is 3. The van der Waals surface area contributed by atoms with Crippen molar-refractivity contribution in [2.24, 2.45) is 5.92 Å². The third-order valence-electron chi connectivity index (χ3n) is 2.21. The van der Waals surface area contributed by atoms with Gasteiger partial charge in [0.05, 0.1) is 6.61 Å². The highest BCUT2D eigenvalue weighted by atomic mass is 16.3. The maximum Gasteiger partial charge on any atom is 0.228 e. The van der Waals surface area contributed by atoms with Crippen LogP contribution in [0.25, 0.3) is 0 Å². The fourth-order valence-corrected chi connectivity index (χ4v) is 1.16. The molecule has 0 bridgehead atoms. The van der Waals surface area contributed by atoms with Gasteiger partial charge in [0, 0.05) is 17.7 Å². The van der Waals surface area contributed by atoms with E-state index < -0.39 is 0 Å². The first-order valence-electron chi connectivity index (χ1n) is 4.92. The zero-order valence-corrected chi connectivity index (χ0v) is 9.24. The topological polar surface area (TPSA) is 62.2 Å². The lowest BCUT2D eigenvalue weighted by atomic mass is 10.1. The molecule has 0 atom stereocenters. The summed E-state index contributed by atoms with van der Waals surface area (Å²) in [5, 5.41) is 11.9. The summed E-state index contributed by atoms with van der Waals surface area (Å²) in [4.78, 5) is 15.5. The Balaban J connectivity index is 2.94. The van der Waals surface area contributed by atoms with Gasteiger partial charge in [-0.2, -0.15) is 0 Å². The lowest BCUT2D eigenvalue weighted by Gasteiger charge is -2.11. The first-order valence-corrected chi connectivity index (χ1v) is 4.92. The molecule has 4 nitrogen and oxygen atoms in total. The summed E-state index contributed by atoms with van der Waals surface area (Å²) in [6.07, 6.45) is 1.62. The highest BCUT2D eigenvalue weighted by Crippen LogP contribution is 2.16. The minimum Gasteiger partial charge on any atom is -0.392 e. The molecule has 0 unspecified atom stereocenters. The highest BCUT2D eigenvalue weighted by Gasteiger charge is 2.11. The first kappa shape index (κ1) is 11.7. The zero-order chi connectivity index (χ0) is 11.4. The lowest BCUT2D eigenvalue weighted by Crippen LogP contribution is -2.19. The van der Waals surface area contributed by atoms with Crippen LogP contribution < -0.4 is 5.32 Å². The number of aryl methyl sites for hydroxylation is 1. The third-order valence-corrected chi connectivity index (χ3v) is 2.21. The Bertz CT molecular complexity index is 362. The molecule has 2 N–H and O–H groups in total. The second kappa shape index (κ2) is 4.89. The number of carbonyl (C=O) groups is 1. The van der Waals surface area contributed by atoms with E-state index in [9.17, 15) is 4.79 Å². The van der Waals surface area contributed by atoms with Crippen molar-refractivity contribution in [1.29, 1.82) is 0 Å². The minimum atomic E-state index is -0.118. The van der Waals surface area contributed by atoms with Crippen LogP contribution in [0.2, 0.25) is 0 Å². The van der Waals surface area contributed by atoms with Crippen LogP contribution >= 0.6 is 0 Å². The second-order valence-electron chi connectivity index (χ2n) is 3.76. The van der Waals surface area contributed by atoms with E-state index >= 15 is 0 Å². The number of hydrogen-bond acceptors (Lipinski definition) is 3. The predicted octanol–water partition coefficient (Wildman–Crippen LogP) is 1.48. The quantitative estimate of drug-likeness (QED) is 0.790. The molecule has 0 aliphatic carbocycles. The van der Waals surface area contributed by atoms with E-state index in [0.29, 0.717) is 11.4 Å². The van der Waals surface area contributed by atoms with Crippen LogP contribution in [-0.2, 0) is 11.4 Å². The maximum absolute atomic E-state index is 11.5. The molecule has 0 aliphatic heterocycles. The molecule has 4 heteroatoms. The molecule has 1 aromatic rings. The van der Waals surface area contributed by atoms with E-state index in [-0.39, 0.29) is 18.4 Å². The molecule has 1 heterocycles. The standard InChI is InChI=1S/C11H16N2O2/c1-7(2)11(15)13-10-9(6-14)8(3)4-5-12-10/h4-5,7,14H,6H2,1-3H3,(H,12,13,15). The molecule has 0 aromatic carbocycles. The number of amides is 1. The Kier molecular flexibility index (Phi) is 3.80. The van der Waals surface area contributed by atoms with Crippen molar-refractivity contribution in [1.82, 2.24) is 4.98 Å². The monoisotopic (exact) mass is 208 g/mol. The first-order chi connectivity index (χ1) is 7.06. The zero-order valence-electron chi connectivity index (χ0n) is 9.24. The summed E-state index contributed by atoms with van der Waals surface area (Å²) in [5.74, 6) is 0.262. The highest BCUT2D eigenvalue weighted by molar-refractivity contribution is 5.91. The van der Waals surface area contributed by atoms with E-state index in [0.717, 1.165) is 5.56 Å². The summed E-state index contributed by atoms with van der Waals surface area (Å²) in [6, 6.07) is 1.80. The molecule has 15 heavy (non-hydrogen) atoms. The van der Waals surface area contributed by atoms with Crippen LogP contribution in [0.1, 0.15) is 25.0 Å². The van der Waals surface area contributed by atoms with E-state index in [4.69, 9.17) is 5.11 Å². The number of carbonyl (C=O) groups excluding carboxylic acids is 1. The summed E-state index contributed by atoms with van der Waals surface area (Å²) in [6.45, 7) is 5.37. The molecule has 0 aliphatic rings. The number of aliphatic hydroxyl groups is 1. The molecule has 0 saturated heterocycles. The summed E-state index contributed by atoms with van der Waals surface area (Å²) < 4.78 is 0. The van der Waals surface area contributed by atoms with E-state index in [1.165, 1.54) is 0 Å². The molecular weight excluding hydrogens is 192 g/mol. The fourth-order valence-electron chi connectivity index (χ4n) is 1.16. The van der Waals surface area contributed by atoms with Gasteiger partial charge in [-0.05, 0) is 18.6 Å². The van der Waals surface area contributed by atoms with Crippen LogP contribution in [0, 0.1) is 12.8 Å². The van der Waals surface area contributed by atoms with Gasteiger partial charge in [-0.25, -0.2) is 4.98 Å². The average molecular weight is 208 g/mol. The van der Waals surface area contributed by atoms with Gasteiger partial charge in [-0.1, -0.05) is 13.8 Å². The van der Waals surface area contributed by atoms with Crippen molar-refractivity contribution < 1.29 is 9.90 Å². The molecular formula is C11H16N2O2. The Morgan fingerprint density at radius 2 is 2.27 bits per heavy atom. The second-order valence-corrected chi connectivity index (χ2v) is 3.76. The van der Waals surface area contributed by atoms with Gasteiger partial charge in [0.1, 0.15) is 5.82 Å². The molecule has 0 saturated carbocycles.